The van der Waals surface area contributed by atoms with Crippen LogP contribution in [0.25, 0.3) is 11.0 Å². The molecular weight excluding hydrogens is 396 g/mol. The van der Waals surface area contributed by atoms with E-state index in [1.54, 1.807) is 18.5 Å². The monoisotopic (exact) mass is 422 g/mol. The Hall–Kier alpha value is -3.55. The van der Waals surface area contributed by atoms with Gasteiger partial charge in [0.2, 0.25) is 0 Å². The fourth-order valence-corrected chi connectivity index (χ4v) is 3.73. The molecule has 0 radical (unpaired) electrons. The van der Waals surface area contributed by atoms with E-state index in [0.29, 0.717) is 49.6 Å². The van der Waals surface area contributed by atoms with Crippen LogP contribution in [0.3, 0.4) is 0 Å². The molecular formula is C23H26N4O4. The van der Waals surface area contributed by atoms with Gasteiger partial charge in [0, 0.05) is 24.7 Å². The molecule has 2 aromatic carbocycles. The van der Waals surface area contributed by atoms with E-state index < -0.39 is 0 Å². The lowest BCUT2D eigenvalue weighted by Gasteiger charge is -2.32. The Balaban J connectivity index is 1.25. The summed E-state index contributed by atoms with van der Waals surface area (Å²) in [6.45, 7) is 3.54. The Labute approximate surface area is 180 Å². The van der Waals surface area contributed by atoms with E-state index in [4.69, 9.17) is 9.47 Å². The number of aromatic amines is 1. The van der Waals surface area contributed by atoms with Crippen molar-refractivity contribution in [2.75, 3.05) is 26.3 Å². The number of hydrogen-bond acceptors (Lipinski definition) is 5. The second-order valence-electron chi connectivity index (χ2n) is 7.44. The van der Waals surface area contributed by atoms with Crippen molar-refractivity contribution in [2.45, 2.75) is 25.8 Å². The molecule has 0 spiro atoms. The van der Waals surface area contributed by atoms with Crippen molar-refractivity contribution in [1.29, 1.82) is 0 Å². The summed E-state index contributed by atoms with van der Waals surface area (Å²) in [6, 6.07) is 12.8. The van der Waals surface area contributed by atoms with Crippen molar-refractivity contribution in [3.05, 3.63) is 54.4 Å². The first-order valence-corrected chi connectivity index (χ1v) is 10.5. The maximum absolute atomic E-state index is 12.8. The Morgan fingerprint density at radius 3 is 2.61 bits per heavy atom. The number of fused-ring (bicyclic) bond motifs is 1. The minimum atomic E-state index is -0.180. The van der Waals surface area contributed by atoms with Crippen molar-refractivity contribution >= 4 is 22.8 Å². The third-order valence-corrected chi connectivity index (χ3v) is 5.32. The van der Waals surface area contributed by atoms with Gasteiger partial charge < -0.3 is 24.7 Å². The van der Waals surface area contributed by atoms with Crippen molar-refractivity contribution < 1.29 is 19.1 Å². The van der Waals surface area contributed by atoms with Gasteiger partial charge in [-0.05, 0) is 50.1 Å². The molecule has 8 heteroatoms. The van der Waals surface area contributed by atoms with Gasteiger partial charge in [-0.2, -0.15) is 0 Å². The fraction of sp³-hybridized carbons (Fsp3) is 0.348. The van der Waals surface area contributed by atoms with E-state index in [1.165, 1.54) is 0 Å². The third-order valence-electron chi connectivity index (χ3n) is 5.32. The van der Waals surface area contributed by atoms with Crippen molar-refractivity contribution in [3.63, 3.8) is 0 Å². The van der Waals surface area contributed by atoms with Gasteiger partial charge in [0.25, 0.3) is 11.8 Å². The van der Waals surface area contributed by atoms with E-state index in [2.05, 4.69) is 15.3 Å². The minimum absolute atomic E-state index is 0.00265. The topological polar surface area (TPSA) is 96.6 Å². The second-order valence-corrected chi connectivity index (χ2v) is 7.44. The molecule has 2 heterocycles. The number of ether oxygens (including phenoxy) is 2. The summed E-state index contributed by atoms with van der Waals surface area (Å²) in [5, 5.41) is 3.00. The third kappa shape index (κ3) is 4.96. The van der Waals surface area contributed by atoms with Crippen LogP contribution in [0.1, 0.15) is 30.1 Å². The zero-order valence-electron chi connectivity index (χ0n) is 17.5. The number of nitrogens with one attached hydrogen (secondary N) is 2. The molecule has 3 aromatic rings. The Bertz CT molecular complexity index is 1060. The molecule has 0 atom stereocenters. The van der Waals surface area contributed by atoms with Gasteiger partial charge in [-0.3, -0.25) is 9.59 Å². The molecule has 31 heavy (non-hydrogen) atoms. The molecule has 1 fully saturated rings. The number of nitrogens with zero attached hydrogens (tertiary/aromatic N) is 2. The summed E-state index contributed by atoms with van der Waals surface area (Å²) in [4.78, 5) is 34.2. The maximum Gasteiger partial charge on any atom is 0.258 e. The van der Waals surface area contributed by atoms with E-state index in [0.717, 1.165) is 11.0 Å². The molecule has 0 unspecified atom stereocenters. The molecule has 1 aliphatic rings. The van der Waals surface area contributed by atoms with Crippen LogP contribution in [0.15, 0.2) is 48.8 Å². The quantitative estimate of drug-likeness (QED) is 0.610. The van der Waals surface area contributed by atoms with Gasteiger partial charge in [0.05, 0.1) is 24.0 Å². The number of para-hydroxylation sites is 2. The summed E-state index contributed by atoms with van der Waals surface area (Å²) in [5.41, 5.74) is 2.32. The van der Waals surface area contributed by atoms with E-state index in [-0.39, 0.29) is 24.5 Å². The minimum Gasteiger partial charge on any atom is -0.490 e. The molecule has 4 rings (SSSR count). The highest BCUT2D eigenvalue weighted by Crippen LogP contribution is 2.26. The smallest absolute Gasteiger partial charge is 0.258 e. The van der Waals surface area contributed by atoms with Crippen molar-refractivity contribution in [3.8, 4) is 11.5 Å². The number of piperidine rings is 1. The standard InChI is InChI=1S/C23H26N4O4/c1-2-30-20-5-3-4-6-21(20)31-14-22(28)26-17-9-11-27(12-10-17)23(29)16-7-8-18-19(13-16)25-15-24-18/h3-8,13,15,17H,2,9-12,14H2,1H3,(H,24,25)(H,26,28). The predicted molar refractivity (Wildman–Crippen MR) is 116 cm³/mol. The molecule has 2 N–H and O–H groups in total. The maximum atomic E-state index is 12.8. The highest BCUT2D eigenvalue weighted by atomic mass is 16.5. The first-order chi connectivity index (χ1) is 15.1. The number of carbonyl (C=O) groups is 2. The number of carbonyl (C=O) groups excluding carboxylic acids is 2. The number of aromatic nitrogens is 2. The number of H-pyrrole nitrogens is 1. The van der Waals surface area contributed by atoms with Crippen molar-refractivity contribution in [2.24, 2.45) is 0 Å². The normalized spacial score (nSPS) is 14.4. The fourth-order valence-electron chi connectivity index (χ4n) is 3.73. The van der Waals surface area contributed by atoms with Crippen molar-refractivity contribution in [1.82, 2.24) is 20.2 Å². The molecule has 8 nitrogen and oxygen atoms in total. The van der Waals surface area contributed by atoms with E-state index in [1.807, 2.05) is 42.2 Å². The zero-order valence-corrected chi connectivity index (χ0v) is 17.5. The van der Waals surface area contributed by atoms with Gasteiger partial charge in [-0.15, -0.1) is 0 Å². The summed E-state index contributed by atoms with van der Waals surface area (Å²) in [7, 11) is 0. The first kappa shape index (κ1) is 20.7. The van der Waals surface area contributed by atoms with Crippen LogP contribution in [0.2, 0.25) is 0 Å². The lowest BCUT2D eigenvalue weighted by atomic mass is 10.0. The average molecular weight is 422 g/mol. The Kier molecular flexibility index (Phi) is 6.35. The van der Waals surface area contributed by atoms with Crippen LogP contribution in [-0.2, 0) is 4.79 Å². The Morgan fingerprint density at radius 2 is 1.87 bits per heavy atom. The molecule has 1 saturated heterocycles. The SMILES string of the molecule is CCOc1ccccc1OCC(=O)NC1CCN(C(=O)c2ccc3nc[nH]c3c2)CC1. The lowest BCUT2D eigenvalue weighted by molar-refractivity contribution is -0.124. The van der Waals surface area contributed by atoms with Gasteiger partial charge >= 0.3 is 0 Å². The molecule has 1 aliphatic heterocycles. The number of likely N-dealkylation sites (tertiary alicyclic amines) is 1. The average Bonchev–Trinajstić information content (AvgIpc) is 3.27. The summed E-state index contributed by atoms with van der Waals surface area (Å²) in [5.74, 6) is 0.991. The number of benzene rings is 2. The molecule has 0 aliphatic carbocycles. The van der Waals surface area contributed by atoms with Crippen LogP contribution < -0.4 is 14.8 Å². The molecule has 162 valence electrons. The second kappa shape index (κ2) is 9.51. The van der Waals surface area contributed by atoms with Gasteiger partial charge in [-0.25, -0.2) is 4.98 Å². The molecule has 1 aromatic heterocycles. The van der Waals surface area contributed by atoms with Gasteiger partial charge in [0.1, 0.15) is 0 Å². The first-order valence-electron chi connectivity index (χ1n) is 10.5. The predicted octanol–water partition coefficient (Wildman–Crippen LogP) is 2.76. The van der Waals surface area contributed by atoms with E-state index >= 15 is 0 Å². The van der Waals surface area contributed by atoms with Crippen LogP contribution in [-0.4, -0.2) is 59.0 Å². The highest BCUT2D eigenvalue weighted by molar-refractivity contribution is 5.97. The number of amides is 2. The summed E-state index contributed by atoms with van der Waals surface area (Å²) < 4.78 is 11.1. The Morgan fingerprint density at radius 1 is 1.13 bits per heavy atom. The zero-order chi connectivity index (χ0) is 21.6. The van der Waals surface area contributed by atoms with Crippen LogP contribution in [0.4, 0.5) is 0 Å². The number of hydrogen-bond donors (Lipinski definition) is 2. The van der Waals surface area contributed by atoms with Gasteiger partial charge in [0.15, 0.2) is 18.1 Å². The number of imidazole rings is 1. The van der Waals surface area contributed by atoms with E-state index in [9.17, 15) is 9.59 Å². The van der Waals surface area contributed by atoms with Crippen LogP contribution in [0, 0.1) is 0 Å². The lowest BCUT2D eigenvalue weighted by Crippen LogP contribution is -2.47. The summed E-state index contributed by atoms with van der Waals surface area (Å²) in [6.07, 6.45) is 3.03. The number of rotatable bonds is 7. The van der Waals surface area contributed by atoms with Crippen LogP contribution in [0.5, 0.6) is 11.5 Å². The molecule has 0 bridgehead atoms. The van der Waals surface area contributed by atoms with Crippen LogP contribution >= 0.6 is 0 Å². The molecule has 0 saturated carbocycles. The van der Waals surface area contributed by atoms with Gasteiger partial charge in [-0.1, -0.05) is 12.1 Å². The summed E-state index contributed by atoms with van der Waals surface area (Å²) >= 11 is 0. The highest BCUT2D eigenvalue weighted by Gasteiger charge is 2.25. The largest absolute Gasteiger partial charge is 0.490 e. The molecule has 2 amide bonds.